The predicted molar refractivity (Wildman–Crippen MR) is 70.7 cm³/mol. The summed E-state index contributed by atoms with van der Waals surface area (Å²) in [7, 11) is 0.00336. The molecule has 0 spiro atoms. The maximum atomic E-state index is 5.56. The van der Waals surface area contributed by atoms with Crippen LogP contribution in [0.25, 0.3) is 0 Å². The van der Waals surface area contributed by atoms with Crippen LogP contribution in [0.3, 0.4) is 0 Å². The first-order valence-electron chi connectivity index (χ1n) is 6.24. The van der Waals surface area contributed by atoms with Gasteiger partial charge in [0.2, 0.25) is 0 Å². The largest absolute Gasteiger partial charge is 0.454 e. The van der Waals surface area contributed by atoms with E-state index in [1.165, 1.54) is 6.42 Å². The number of hydrogen-bond acceptors (Lipinski definition) is 3. The molecule has 0 aromatic rings. The van der Waals surface area contributed by atoms with E-state index in [1.54, 1.807) is 0 Å². The lowest BCUT2D eigenvalue weighted by Crippen LogP contribution is -2.31. The van der Waals surface area contributed by atoms with Gasteiger partial charge in [0.1, 0.15) is 0 Å². The first kappa shape index (κ1) is 15.3. The molecule has 90 valence electrons. The van der Waals surface area contributed by atoms with Crippen molar-refractivity contribution in [3.05, 3.63) is 0 Å². The normalized spacial score (nSPS) is 33.2. The third-order valence-corrected chi connectivity index (χ3v) is 2.91. The van der Waals surface area contributed by atoms with Crippen LogP contribution < -0.4 is 0 Å². The lowest BCUT2D eigenvalue weighted by molar-refractivity contribution is 0.113. The zero-order valence-corrected chi connectivity index (χ0v) is 11.6. The molecule has 0 bridgehead atoms. The van der Waals surface area contributed by atoms with Gasteiger partial charge in [-0.1, -0.05) is 27.7 Å². The van der Waals surface area contributed by atoms with Crippen molar-refractivity contribution in [3.63, 3.8) is 0 Å². The molecule has 3 atom stereocenters. The van der Waals surface area contributed by atoms with Crippen LogP contribution in [0.5, 0.6) is 0 Å². The molecule has 1 saturated heterocycles. The van der Waals surface area contributed by atoms with Crippen molar-refractivity contribution >= 4 is 19.7 Å². The quantitative estimate of drug-likeness (QED) is 0.509. The van der Waals surface area contributed by atoms with Crippen LogP contribution in [0.15, 0.2) is 0 Å². The molecule has 4 heteroatoms. The Hall–Kier alpha value is 0.335. The molecule has 1 heterocycles. The van der Waals surface area contributed by atoms with Gasteiger partial charge in [-0.25, -0.2) is 0 Å². The smallest absolute Gasteiger partial charge is 0.406 e. The van der Waals surface area contributed by atoms with Gasteiger partial charge in [0.05, 0.1) is 12.2 Å². The highest BCUT2D eigenvalue weighted by atomic mass is 32.1. The minimum Gasteiger partial charge on any atom is -0.406 e. The van der Waals surface area contributed by atoms with Crippen LogP contribution in [0, 0.1) is 0 Å². The van der Waals surface area contributed by atoms with Gasteiger partial charge >= 0.3 is 7.12 Å². The highest BCUT2D eigenvalue weighted by Crippen LogP contribution is 2.32. The Morgan fingerprint density at radius 3 is 2.13 bits per heavy atom. The van der Waals surface area contributed by atoms with Crippen molar-refractivity contribution in [2.24, 2.45) is 0 Å². The molecule has 0 radical (unpaired) electrons. The van der Waals surface area contributed by atoms with Gasteiger partial charge in [0, 0.05) is 5.25 Å². The van der Waals surface area contributed by atoms with Crippen molar-refractivity contribution in [2.45, 2.75) is 71.2 Å². The topological polar surface area (TPSA) is 18.5 Å². The second-order valence-corrected chi connectivity index (χ2v) is 4.11. The van der Waals surface area contributed by atoms with Crippen LogP contribution in [-0.4, -0.2) is 24.6 Å². The van der Waals surface area contributed by atoms with E-state index in [1.807, 2.05) is 34.5 Å². The average molecular weight is 232 g/mol. The fourth-order valence-corrected chi connectivity index (χ4v) is 2.26. The van der Waals surface area contributed by atoms with Gasteiger partial charge in [0.15, 0.2) is 0 Å². The van der Waals surface area contributed by atoms with Crippen LogP contribution in [0.2, 0.25) is 6.82 Å². The van der Waals surface area contributed by atoms with E-state index in [9.17, 15) is 0 Å². The summed E-state index contributed by atoms with van der Waals surface area (Å²) in [6.45, 7) is 9.96. The number of hydrogen-bond donors (Lipinski definition) is 1. The molecule has 0 N–H and O–H groups in total. The highest BCUT2D eigenvalue weighted by molar-refractivity contribution is 7.80. The van der Waals surface area contributed by atoms with Crippen LogP contribution in [0.1, 0.15) is 47.0 Å². The molecule has 0 amide bonds. The molecule has 1 aliphatic carbocycles. The van der Waals surface area contributed by atoms with Crippen LogP contribution in [-0.2, 0) is 9.31 Å². The molecule has 0 aromatic heterocycles. The second-order valence-electron chi connectivity index (χ2n) is 3.38. The fraction of sp³-hybridized carbons (Fsp3) is 1.00. The molecular formula is C11H25BO2S. The molecule has 1 saturated carbocycles. The zero-order chi connectivity index (χ0) is 11.8. The Balaban J connectivity index is 0.000000442. The van der Waals surface area contributed by atoms with E-state index in [4.69, 9.17) is 9.31 Å². The van der Waals surface area contributed by atoms with Gasteiger partial charge in [-0.2, -0.15) is 12.6 Å². The maximum absolute atomic E-state index is 5.56. The maximum Gasteiger partial charge on any atom is 0.454 e. The Morgan fingerprint density at radius 1 is 1.00 bits per heavy atom. The lowest BCUT2D eigenvalue weighted by atomic mass is 9.95. The molecule has 2 aliphatic rings. The lowest BCUT2D eigenvalue weighted by Gasteiger charge is -2.27. The predicted octanol–water partition coefficient (Wildman–Crippen LogP) is 3.42. The molecule has 0 aromatic carbocycles. The first-order chi connectivity index (χ1) is 7.25. The molecule has 2 fully saturated rings. The summed E-state index contributed by atoms with van der Waals surface area (Å²) in [5, 5.41) is 0.519. The molecule has 2 unspecified atom stereocenters. The summed E-state index contributed by atoms with van der Waals surface area (Å²) in [4.78, 5) is 0. The SMILES string of the molecule is CB1OC2CCC(S)C[C@@H]2O1.CC.CC. The average Bonchev–Trinajstić information content (AvgIpc) is 2.63. The van der Waals surface area contributed by atoms with Crippen molar-refractivity contribution in [1.29, 1.82) is 0 Å². The third-order valence-electron chi connectivity index (χ3n) is 2.44. The molecule has 15 heavy (non-hydrogen) atoms. The van der Waals surface area contributed by atoms with E-state index < -0.39 is 0 Å². The number of rotatable bonds is 0. The van der Waals surface area contributed by atoms with Crippen molar-refractivity contribution < 1.29 is 9.31 Å². The number of fused-ring (bicyclic) bond motifs is 1. The van der Waals surface area contributed by atoms with Crippen molar-refractivity contribution in [2.75, 3.05) is 0 Å². The summed E-state index contributed by atoms with van der Waals surface area (Å²) in [6.07, 6.45) is 4.01. The summed E-state index contributed by atoms with van der Waals surface area (Å²) < 4.78 is 11.1. The Kier molecular flexibility index (Phi) is 8.67. The van der Waals surface area contributed by atoms with Gasteiger partial charge in [0.25, 0.3) is 0 Å². The van der Waals surface area contributed by atoms with Crippen LogP contribution >= 0.6 is 12.6 Å². The molecule has 2 nitrogen and oxygen atoms in total. The van der Waals surface area contributed by atoms with Gasteiger partial charge in [-0.05, 0) is 26.1 Å². The Labute approximate surface area is 101 Å². The zero-order valence-electron chi connectivity index (χ0n) is 10.7. The minimum atomic E-state index is 0.00336. The fourth-order valence-electron chi connectivity index (χ4n) is 1.90. The standard InChI is InChI=1S/C7H13BO2S.2C2H6/c1-8-9-6-3-2-5(11)4-7(6)10-8;2*1-2/h5-7,11H,2-4H2,1H3;2*1-2H3/t5?,6?,7-;;/m0../s1. The van der Waals surface area contributed by atoms with E-state index in [2.05, 4.69) is 12.6 Å². The van der Waals surface area contributed by atoms with E-state index in [0.717, 1.165) is 12.8 Å². The minimum absolute atomic E-state index is 0.00336. The number of thiol groups is 1. The highest BCUT2D eigenvalue weighted by Gasteiger charge is 2.39. The monoisotopic (exact) mass is 232 g/mol. The van der Waals surface area contributed by atoms with E-state index in [-0.39, 0.29) is 7.12 Å². The third kappa shape index (κ3) is 4.79. The molecular weight excluding hydrogens is 207 g/mol. The molecule has 1 aliphatic heterocycles. The van der Waals surface area contributed by atoms with Crippen molar-refractivity contribution in [3.8, 4) is 0 Å². The van der Waals surface area contributed by atoms with Gasteiger partial charge in [-0.3, -0.25) is 0 Å². The van der Waals surface area contributed by atoms with Gasteiger partial charge in [-0.15, -0.1) is 0 Å². The van der Waals surface area contributed by atoms with Gasteiger partial charge < -0.3 is 9.31 Å². The second kappa shape index (κ2) is 8.48. The summed E-state index contributed by atoms with van der Waals surface area (Å²) >= 11 is 4.44. The van der Waals surface area contributed by atoms with E-state index in [0.29, 0.717) is 17.5 Å². The van der Waals surface area contributed by atoms with Crippen molar-refractivity contribution in [1.82, 2.24) is 0 Å². The van der Waals surface area contributed by atoms with E-state index >= 15 is 0 Å². The van der Waals surface area contributed by atoms with Crippen LogP contribution in [0.4, 0.5) is 0 Å². The first-order valence-corrected chi connectivity index (χ1v) is 6.76. The summed E-state index contributed by atoms with van der Waals surface area (Å²) in [5.74, 6) is 0. The molecule has 2 rings (SSSR count). The Bertz CT molecular complexity index is 158. The Morgan fingerprint density at radius 2 is 1.53 bits per heavy atom. The summed E-state index contributed by atoms with van der Waals surface area (Å²) in [5.41, 5.74) is 0. The summed E-state index contributed by atoms with van der Waals surface area (Å²) in [6, 6.07) is 0.